The molecular weight excluding hydrogens is 270 g/mol. The van der Waals surface area contributed by atoms with Gasteiger partial charge >= 0.3 is 0 Å². The smallest absolute Gasteiger partial charge is 0.123 e. The summed E-state index contributed by atoms with van der Waals surface area (Å²) in [6, 6.07) is 4.11. The van der Waals surface area contributed by atoms with Gasteiger partial charge in [-0.3, -0.25) is 0 Å². The molecule has 0 saturated heterocycles. The average Bonchev–Trinajstić information content (AvgIpc) is 2.39. The van der Waals surface area contributed by atoms with E-state index in [0.717, 1.165) is 41.4 Å². The molecule has 1 unspecified atom stereocenters. The summed E-state index contributed by atoms with van der Waals surface area (Å²) in [6.07, 6.45) is 0.957. The van der Waals surface area contributed by atoms with Crippen molar-refractivity contribution in [2.45, 2.75) is 59.5 Å². The van der Waals surface area contributed by atoms with E-state index in [4.69, 9.17) is 16.3 Å². The van der Waals surface area contributed by atoms with Gasteiger partial charge in [-0.1, -0.05) is 39.3 Å². The Morgan fingerprint density at radius 2 is 1.95 bits per heavy atom. The van der Waals surface area contributed by atoms with E-state index >= 15 is 0 Å². The quantitative estimate of drug-likeness (QED) is 0.770. The van der Waals surface area contributed by atoms with Gasteiger partial charge in [0.25, 0.3) is 0 Å². The van der Waals surface area contributed by atoms with Gasteiger partial charge in [-0.05, 0) is 56.0 Å². The van der Waals surface area contributed by atoms with E-state index in [1.165, 1.54) is 0 Å². The van der Waals surface area contributed by atoms with Crippen LogP contribution in [0.3, 0.4) is 0 Å². The summed E-state index contributed by atoms with van der Waals surface area (Å²) in [5.41, 5.74) is 2.05. The standard InChI is InChI=1S/C17H28ClNO/c1-7-17(6,11-19-8-2)20-16-10-14(12(3)4)15(18)9-13(16)5/h9-10,12,19H,7-8,11H2,1-6H3. The van der Waals surface area contributed by atoms with Gasteiger partial charge < -0.3 is 10.1 Å². The monoisotopic (exact) mass is 297 g/mol. The third kappa shape index (κ3) is 4.39. The highest BCUT2D eigenvalue weighted by Gasteiger charge is 2.25. The number of hydrogen-bond acceptors (Lipinski definition) is 2. The number of rotatable bonds is 7. The van der Waals surface area contributed by atoms with Crippen molar-refractivity contribution in [3.05, 3.63) is 28.3 Å². The minimum absolute atomic E-state index is 0.192. The second-order valence-corrected chi connectivity index (χ2v) is 6.39. The summed E-state index contributed by atoms with van der Waals surface area (Å²) in [6.45, 7) is 14.6. The molecule has 0 aliphatic rings. The Balaban J connectivity index is 3.03. The summed E-state index contributed by atoms with van der Waals surface area (Å²) in [5, 5.41) is 4.21. The molecule has 0 saturated carbocycles. The van der Waals surface area contributed by atoms with Gasteiger partial charge in [0, 0.05) is 11.6 Å². The summed E-state index contributed by atoms with van der Waals surface area (Å²) >= 11 is 6.32. The van der Waals surface area contributed by atoms with Gasteiger partial charge in [0.1, 0.15) is 11.4 Å². The molecule has 0 aliphatic heterocycles. The summed E-state index contributed by atoms with van der Waals surface area (Å²) in [4.78, 5) is 0. The van der Waals surface area contributed by atoms with Crippen LogP contribution in [0.1, 0.15) is 58.1 Å². The maximum absolute atomic E-state index is 6.32. The van der Waals surface area contributed by atoms with Crippen LogP contribution in [0.15, 0.2) is 12.1 Å². The molecule has 1 N–H and O–H groups in total. The molecule has 0 fully saturated rings. The van der Waals surface area contributed by atoms with E-state index in [9.17, 15) is 0 Å². The van der Waals surface area contributed by atoms with Crippen molar-refractivity contribution >= 4 is 11.6 Å². The van der Waals surface area contributed by atoms with Crippen LogP contribution in [-0.2, 0) is 0 Å². The van der Waals surface area contributed by atoms with Crippen molar-refractivity contribution in [1.82, 2.24) is 5.32 Å². The normalized spacial score (nSPS) is 14.4. The third-order valence-electron chi connectivity index (χ3n) is 3.77. The van der Waals surface area contributed by atoms with Crippen molar-refractivity contribution in [2.75, 3.05) is 13.1 Å². The zero-order valence-electron chi connectivity index (χ0n) is 13.6. The first-order chi connectivity index (χ1) is 9.33. The van der Waals surface area contributed by atoms with Crippen LogP contribution in [0.4, 0.5) is 0 Å². The molecule has 20 heavy (non-hydrogen) atoms. The van der Waals surface area contributed by atoms with Crippen molar-refractivity contribution < 1.29 is 4.74 Å². The first kappa shape index (κ1) is 17.3. The van der Waals surface area contributed by atoms with Crippen molar-refractivity contribution in [3.8, 4) is 5.75 Å². The lowest BCUT2D eigenvalue weighted by molar-refractivity contribution is 0.0832. The van der Waals surface area contributed by atoms with E-state index in [-0.39, 0.29) is 5.60 Å². The zero-order chi connectivity index (χ0) is 15.3. The molecule has 114 valence electrons. The number of ether oxygens (including phenoxy) is 1. The zero-order valence-corrected chi connectivity index (χ0v) is 14.4. The topological polar surface area (TPSA) is 21.3 Å². The van der Waals surface area contributed by atoms with Gasteiger partial charge in [0.15, 0.2) is 0 Å². The number of likely N-dealkylation sites (N-methyl/N-ethyl adjacent to an activating group) is 1. The first-order valence-corrected chi connectivity index (χ1v) is 7.90. The van der Waals surface area contributed by atoms with Gasteiger partial charge in [0.2, 0.25) is 0 Å². The Kier molecular flexibility index (Phi) is 6.35. The lowest BCUT2D eigenvalue weighted by Gasteiger charge is -2.31. The van der Waals surface area contributed by atoms with Gasteiger partial charge in [-0.2, -0.15) is 0 Å². The molecule has 3 heteroatoms. The highest BCUT2D eigenvalue weighted by atomic mass is 35.5. The fourth-order valence-electron chi connectivity index (χ4n) is 2.11. The van der Waals surface area contributed by atoms with Crippen LogP contribution in [0.2, 0.25) is 5.02 Å². The molecule has 0 aliphatic carbocycles. The molecule has 2 nitrogen and oxygen atoms in total. The molecule has 0 aromatic heterocycles. The average molecular weight is 298 g/mol. The van der Waals surface area contributed by atoms with E-state index < -0.39 is 0 Å². The third-order valence-corrected chi connectivity index (χ3v) is 4.10. The molecule has 0 heterocycles. The predicted octanol–water partition coefficient (Wildman–Crippen LogP) is 4.93. The number of halogens is 1. The van der Waals surface area contributed by atoms with Crippen molar-refractivity contribution in [1.29, 1.82) is 0 Å². The maximum atomic E-state index is 6.32. The summed E-state index contributed by atoms with van der Waals surface area (Å²) in [7, 11) is 0. The molecule has 1 aromatic carbocycles. The lowest BCUT2D eigenvalue weighted by Crippen LogP contribution is -2.42. The Labute approximate surface area is 128 Å². The van der Waals surface area contributed by atoms with E-state index in [2.05, 4.69) is 52.9 Å². The molecule has 0 radical (unpaired) electrons. The minimum Gasteiger partial charge on any atom is -0.486 e. The number of benzene rings is 1. The molecule has 0 amide bonds. The van der Waals surface area contributed by atoms with Crippen LogP contribution >= 0.6 is 11.6 Å². The Hall–Kier alpha value is -0.730. The van der Waals surface area contributed by atoms with E-state index in [1.54, 1.807) is 0 Å². The van der Waals surface area contributed by atoms with Crippen LogP contribution in [-0.4, -0.2) is 18.7 Å². The lowest BCUT2D eigenvalue weighted by atomic mass is 9.99. The van der Waals surface area contributed by atoms with Gasteiger partial charge in [-0.15, -0.1) is 0 Å². The van der Waals surface area contributed by atoms with Crippen LogP contribution in [0.25, 0.3) is 0 Å². The van der Waals surface area contributed by atoms with Crippen LogP contribution in [0, 0.1) is 6.92 Å². The van der Waals surface area contributed by atoms with Crippen molar-refractivity contribution in [3.63, 3.8) is 0 Å². The van der Waals surface area contributed by atoms with Crippen LogP contribution < -0.4 is 10.1 Å². The summed E-state index contributed by atoms with van der Waals surface area (Å²) in [5.74, 6) is 1.34. The molecular formula is C17H28ClNO. The van der Waals surface area contributed by atoms with Crippen LogP contribution in [0.5, 0.6) is 5.75 Å². The number of nitrogens with one attached hydrogen (secondary N) is 1. The Bertz CT molecular complexity index is 445. The number of aryl methyl sites for hydroxylation is 1. The SMILES string of the molecule is CCNCC(C)(CC)Oc1cc(C(C)C)c(Cl)cc1C. The minimum atomic E-state index is -0.192. The molecule has 0 spiro atoms. The Morgan fingerprint density at radius 1 is 1.30 bits per heavy atom. The second kappa shape index (κ2) is 7.33. The fraction of sp³-hybridized carbons (Fsp3) is 0.647. The first-order valence-electron chi connectivity index (χ1n) is 7.52. The highest BCUT2D eigenvalue weighted by Crippen LogP contribution is 2.33. The molecule has 1 atom stereocenters. The molecule has 1 rings (SSSR count). The Morgan fingerprint density at radius 3 is 2.45 bits per heavy atom. The fourth-order valence-corrected chi connectivity index (χ4v) is 2.55. The van der Waals surface area contributed by atoms with Gasteiger partial charge in [0.05, 0.1) is 0 Å². The maximum Gasteiger partial charge on any atom is 0.123 e. The van der Waals surface area contributed by atoms with E-state index in [1.807, 2.05) is 6.07 Å². The summed E-state index contributed by atoms with van der Waals surface area (Å²) < 4.78 is 6.31. The molecule has 1 aromatic rings. The largest absolute Gasteiger partial charge is 0.486 e. The number of hydrogen-bond donors (Lipinski definition) is 1. The van der Waals surface area contributed by atoms with Gasteiger partial charge in [-0.25, -0.2) is 0 Å². The second-order valence-electron chi connectivity index (χ2n) is 5.98. The highest BCUT2D eigenvalue weighted by molar-refractivity contribution is 6.31. The van der Waals surface area contributed by atoms with E-state index in [0.29, 0.717) is 5.92 Å². The molecule has 0 bridgehead atoms. The predicted molar refractivity (Wildman–Crippen MR) is 88.1 cm³/mol. The van der Waals surface area contributed by atoms with Crippen molar-refractivity contribution in [2.24, 2.45) is 0 Å².